The van der Waals surface area contributed by atoms with Crippen molar-refractivity contribution in [2.24, 2.45) is 0 Å². The van der Waals surface area contributed by atoms with Gasteiger partial charge in [-0.25, -0.2) is 0 Å². The fraction of sp³-hybridized carbons (Fsp3) is 0.0556. The normalized spacial score (nSPS) is 11.7. The van der Waals surface area contributed by atoms with E-state index in [2.05, 4.69) is 16.0 Å². The second-order valence-electron chi connectivity index (χ2n) is 9.94. The standard InChI is InChI=1S/C36H29N3O4S2/c1-24(40)26-12-14-29(15-13-26)38-36(43)33(27-8-4-2-5-9-27)45-31-18-16-30(17-19-31)37-35(42)32(22-25-20-21-44-23-25)39-34(41)28-10-6-3-7-11-28/h2-23,33H,1H3,(H,37,42)(H,38,43)(H,39,41)/b32-22-. The Kier molecular flexibility index (Phi) is 10.4. The summed E-state index contributed by atoms with van der Waals surface area (Å²) >= 11 is 2.86. The molecule has 0 aliphatic rings. The average molecular weight is 632 g/mol. The first-order chi connectivity index (χ1) is 21.9. The van der Waals surface area contributed by atoms with Gasteiger partial charge in [0.15, 0.2) is 5.78 Å². The van der Waals surface area contributed by atoms with Crippen LogP contribution in [0.1, 0.15) is 44.0 Å². The Bertz CT molecular complexity index is 1800. The minimum absolute atomic E-state index is 0.0446. The number of thioether (sulfide) groups is 1. The number of carbonyl (C=O) groups is 4. The molecular weight excluding hydrogens is 603 g/mol. The number of thiophene rings is 1. The third-order valence-corrected chi connectivity index (χ3v) is 8.62. The number of benzene rings is 4. The van der Waals surface area contributed by atoms with Crippen LogP contribution >= 0.6 is 23.1 Å². The van der Waals surface area contributed by atoms with Crippen LogP contribution in [0, 0.1) is 0 Å². The lowest BCUT2D eigenvalue weighted by Crippen LogP contribution is -2.30. The fourth-order valence-corrected chi connectivity index (χ4v) is 5.96. The third kappa shape index (κ3) is 8.66. The Morgan fingerprint density at radius 3 is 1.96 bits per heavy atom. The second kappa shape index (κ2) is 15.0. The molecule has 0 spiro atoms. The summed E-state index contributed by atoms with van der Waals surface area (Å²) < 4.78 is 0. The Labute approximate surface area is 269 Å². The van der Waals surface area contributed by atoms with Gasteiger partial charge in [-0.1, -0.05) is 48.5 Å². The molecule has 45 heavy (non-hydrogen) atoms. The number of nitrogens with one attached hydrogen (secondary N) is 3. The van der Waals surface area contributed by atoms with Gasteiger partial charge >= 0.3 is 0 Å². The predicted molar refractivity (Wildman–Crippen MR) is 181 cm³/mol. The van der Waals surface area contributed by atoms with Gasteiger partial charge in [0.2, 0.25) is 5.91 Å². The lowest BCUT2D eigenvalue weighted by atomic mass is 10.1. The highest BCUT2D eigenvalue weighted by Crippen LogP contribution is 2.37. The molecule has 9 heteroatoms. The number of amides is 3. The Balaban J connectivity index is 1.29. The van der Waals surface area contributed by atoms with Gasteiger partial charge in [0.1, 0.15) is 10.9 Å². The van der Waals surface area contributed by atoms with Gasteiger partial charge in [-0.2, -0.15) is 11.3 Å². The largest absolute Gasteiger partial charge is 0.325 e. The van der Waals surface area contributed by atoms with Crippen molar-refractivity contribution < 1.29 is 19.2 Å². The van der Waals surface area contributed by atoms with E-state index in [1.165, 1.54) is 30.0 Å². The van der Waals surface area contributed by atoms with Crippen LogP contribution in [-0.4, -0.2) is 23.5 Å². The van der Waals surface area contributed by atoms with E-state index in [9.17, 15) is 19.2 Å². The zero-order valence-electron chi connectivity index (χ0n) is 24.2. The van der Waals surface area contributed by atoms with E-state index in [1.807, 2.05) is 65.4 Å². The Morgan fingerprint density at radius 2 is 1.33 bits per heavy atom. The monoisotopic (exact) mass is 631 g/mol. The van der Waals surface area contributed by atoms with E-state index in [0.717, 1.165) is 16.0 Å². The lowest BCUT2D eigenvalue weighted by molar-refractivity contribution is -0.116. The van der Waals surface area contributed by atoms with Crippen LogP contribution in [0.5, 0.6) is 0 Å². The highest BCUT2D eigenvalue weighted by molar-refractivity contribution is 8.00. The molecule has 224 valence electrons. The highest BCUT2D eigenvalue weighted by atomic mass is 32.2. The molecule has 1 atom stereocenters. The molecule has 1 aromatic heterocycles. The van der Waals surface area contributed by atoms with Crippen molar-refractivity contribution in [3.05, 3.63) is 154 Å². The van der Waals surface area contributed by atoms with Crippen molar-refractivity contribution in [1.82, 2.24) is 5.32 Å². The molecule has 0 radical (unpaired) electrons. The fourth-order valence-electron chi connectivity index (χ4n) is 4.31. The van der Waals surface area contributed by atoms with Crippen molar-refractivity contribution in [2.75, 3.05) is 10.6 Å². The molecule has 0 aliphatic heterocycles. The maximum Gasteiger partial charge on any atom is 0.272 e. The first kappa shape index (κ1) is 31.2. The number of hydrogen-bond acceptors (Lipinski definition) is 6. The quantitative estimate of drug-likeness (QED) is 0.0783. The minimum atomic E-state index is -0.563. The average Bonchev–Trinajstić information content (AvgIpc) is 3.58. The summed E-state index contributed by atoms with van der Waals surface area (Å²) in [7, 11) is 0. The molecule has 0 saturated carbocycles. The maximum atomic E-state index is 13.4. The van der Waals surface area contributed by atoms with Crippen LogP contribution in [0.15, 0.2) is 137 Å². The zero-order chi connectivity index (χ0) is 31.6. The van der Waals surface area contributed by atoms with E-state index in [4.69, 9.17) is 0 Å². The van der Waals surface area contributed by atoms with Crippen LogP contribution < -0.4 is 16.0 Å². The number of carbonyl (C=O) groups excluding carboxylic acids is 4. The van der Waals surface area contributed by atoms with Crippen molar-refractivity contribution in [3.63, 3.8) is 0 Å². The third-order valence-electron chi connectivity index (χ3n) is 6.65. The van der Waals surface area contributed by atoms with Gasteiger partial charge in [0.25, 0.3) is 11.8 Å². The minimum Gasteiger partial charge on any atom is -0.325 e. The van der Waals surface area contributed by atoms with Crippen LogP contribution in [0.2, 0.25) is 0 Å². The zero-order valence-corrected chi connectivity index (χ0v) is 25.9. The van der Waals surface area contributed by atoms with Crippen molar-refractivity contribution >= 4 is 64.1 Å². The Hall–Kier alpha value is -5.25. The van der Waals surface area contributed by atoms with Gasteiger partial charge in [0.05, 0.1) is 0 Å². The first-order valence-corrected chi connectivity index (χ1v) is 15.8. The molecule has 0 aliphatic carbocycles. The van der Waals surface area contributed by atoms with Gasteiger partial charge in [0, 0.05) is 27.4 Å². The summed E-state index contributed by atoms with van der Waals surface area (Å²) in [6.07, 6.45) is 1.63. The maximum absolute atomic E-state index is 13.4. The summed E-state index contributed by atoms with van der Waals surface area (Å²) in [5, 5.41) is 11.8. The molecule has 0 saturated heterocycles. The van der Waals surface area contributed by atoms with E-state index < -0.39 is 11.2 Å². The summed E-state index contributed by atoms with van der Waals surface area (Å²) in [6.45, 7) is 1.50. The van der Waals surface area contributed by atoms with Gasteiger partial charge in [-0.05, 0) is 102 Å². The van der Waals surface area contributed by atoms with Crippen LogP contribution in [0.25, 0.3) is 6.08 Å². The van der Waals surface area contributed by atoms with Crippen LogP contribution in [-0.2, 0) is 9.59 Å². The van der Waals surface area contributed by atoms with Gasteiger partial charge in [-0.3, -0.25) is 19.2 Å². The first-order valence-electron chi connectivity index (χ1n) is 14.0. The number of Topliss-reactive ketones (excluding diaryl/α,β-unsaturated/α-hetero) is 1. The molecule has 1 unspecified atom stereocenters. The molecule has 0 fully saturated rings. The molecule has 7 nitrogen and oxygen atoms in total. The van der Waals surface area contributed by atoms with Crippen LogP contribution in [0.3, 0.4) is 0 Å². The van der Waals surface area contributed by atoms with E-state index >= 15 is 0 Å². The highest BCUT2D eigenvalue weighted by Gasteiger charge is 2.23. The summed E-state index contributed by atoms with van der Waals surface area (Å²) in [5.74, 6) is -1.12. The number of anilines is 2. The van der Waals surface area contributed by atoms with Gasteiger partial charge in [-0.15, -0.1) is 11.8 Å². The topological polar surface area (TPSA) is 104 Å². The summed E-state index contributed by atoms with van der Waals surface area (Å²) in [6, 6.07) is 34.0. The van der Waals surface area contributed by atoms with E-state index in [-0.39, 0.29) is 23.3 Å². The molecule has 0 bridgehead atoms. The molecule has 4 aromatic carbocycles. The molecule has 5 rings (SSSR count). The number of rotatable bonds is 11. The smallest absolute Gasteiger partial charge is 0.272 e. The number of ketones is 1. The Morgan fingerprint density at radius 1 is 0.711 bits per heavy atom. The number of hydrogen-bond donors (Lipinski definition) is 3. The summed E-state index contributed by atoms with van der Waals surface area (Å²) in [5.41, 5.74) is 3.86. The van der Waals surface area contributed by atoms with Gasteiger partial charge < -0.3 is 16.0 Å². The SMILES string of the molecule is CC(=O)c1ccc(NC(=O)C(Sc2ccc(NC(=O)/C(=C/c3ccsc3)NC(=O)c3ccccc3)cc2)c2ccccc2)cc1. The lowest BCUT2D eigenvalue weighted by Gasteiger charge is -2.18. The van der Waals surface area contributed by atoms with E-state index in [0.29, 0.717) is 22.5 Å². The summed E-state index contributed by atoms with van der Waals surface area (Å²) in [4.78, 5) is 52.0. The second-order valence-corrected chi connectivity index (χ2v) is 11.9. The van der Waals surface area contributed by atoms with Crippen LogP contribution in [0.4, 0.5) is 11.4 Å². The van der Waals surface area contributed by atoms with Crippen molar-refractivity contribution in [1.29, 1.82) is 0 Å². The van der Waals surface area contributed by atoms with Crippen molar-refractivity contribution in [2.45, 2.75) is 17.1 Å². The molecule has 5 aromatic rings. The molecule has 1 heterocycles. The molecular formula is C36H29N3O4S2. The molecule has 3 amide bonds. The van der Waals surface area contributed by atoms with E-state index in [1.54, 1.807) is 66.7 Å². The van der Waals surface area contributed by atoms with Crippen molar-refractivity contribution in [3.8, 4) is 0 Å². The molecule has 3 N–H and O–H groups in total. The predicted octanol–water partition coefficient (Wildman–Crippen LogP) is 7.83.